The summed E-state index contributed by atoms with van der Waals surface area (Å²) in [4.78, 5) is 11.5. The lowest BCUT2D eigenvalue weighted by Gasteiger charge is -1.99. The van der Waals surface area contributed by atoms with Crippen LogP contribution in [0.5, 0.6) is 5.88 Å². The first-order valence-corrected chi connectivity index (χ1v) is 3.64. The second kappa shape index (κ2) is 3.90. The predicted molar refractivity (Wildman–Crippen MR) is 48.0 cm³/mol. The largest absolute Gasteiger partial charge is 0.481 e. The molecule has 0 fully saturated rings. The number of ether oxygens (including phenoxy) is 1. The quantitative estimate of drug-likeness (QED) is 0.512. The Hall–Kier alpha value is -1.32. The summed E-state index contributed by atoms with van der Waals surface area (Å²) in [6, 6.07) is 1.71. The average molecular weight is 181 g/mol. The van der Waals surface area contributed by atoms with Crippen LogP contribution in [0.3, 0.4) is 0 Å². The van der Waals surface area contributed by atoms with Crippen LogP contribution in [0.15, 0.2) is 11.1 Å². The maximum absolute atomic E-state index is 4.91. The van der Waals surface area contributed by atoms with Crippen molar-refractivity contribution in [3.63, 3.8) is 0 Å². The van der Waals surface area contributed by atoms with Gasteiger partial charge in [0.15, 0.2) is 0 Å². The maximum atomic E-state index is 4.91. The van der Waals surface area contributed by atoms with Crippen LogP contribution in [0, 0.1) is 6.92 Å². The van der Waals surface area contributed by atoms with Gasteiger partial charge in [0, 0.05) is 11.8 Å². The molecule has 1 rings (SSSR count). The number of hydrogen-bond donors (Lipinski definition) is 0. The van der Waals surface area contributed by atoms with Gasteiger partial charge in [0.25, 0.3) is 5.95 Å². The lowest BCUT2D eigenvalue weighted by molar-refractivity contribution is 0.397. The molecule has 0 saturated carbocycles. The number of aryl methyl sites for hydroxylation is 1. The Labute approximate surface area is 75.3 Å². The lowest BCUT2D eigenvalue weighted by atomic mass is 10.4. The van der Waals surface area contributed by atoms with E-state index in [2.05, 4.69) is 32.3 Å². The molecule has 0 bridgehead atoms. The van der Waals surface area contributed by atoms with Crippen molar-refractivity contribution in [2.75, 3.05) is 7.11 Å². The predicted octanol–water partition coefficient (Wildman–Crippen LogP) is 1.53. The van der Waals surface area contributed by atoms with Crippen LogP contribution in [0.2, 0.25) is 0 Å². The molecule has 1 aromatic rings. The summed E-state index contributed by atoms with van der Waals surface area (Å²) >= 11 is 4.42. The van der Waals surface area contributed by atoms with E-state index in [1.54, 1.807) is 6.07 Å². The van der Waals surface area contributed by atoms with Crippen molar-refractivity contribution in [2.45, 2.75) is 6.92 Å². The van der Waals surface area contributed by atoms with Gasteiger partial charge in [-0.15, -0.1) is 0 Å². The number of hydrogen-bond acceptors (Lipinski definition) is 5. The molecule has 1 heterocycles. The summed E-state index contributed by atoms with van der Waals surface area (Å²) in [6.07, 6.45) is 0. The lowest BCUT2D eigenvalue weighted by Crippen LogP contribution is -1.91. The Kier molecular flexibility index (Phi) is 2.85. The summed E-state index contributed by atoms with van der Waals surface area (Å²) in [5.74, 6) is 0.758. The van der Waals surface area contributed by atoms with E-state index in [0.29, 0.717) is 5.88 Å². The van der Waals surface area contributed by atoms with E-state index in [-0.39, 0.29) is 5.95 Å². The van der Waals surface area contributed by atoms with Gasteiger partial charge in [0.05, 0.1) is 12.3 Å². The second-order valence-electron chi connectivity index (χ2n) is 2.05. The van der Waals surface area contributed by atoms with Gasteiger partial charge in [-0.05, 0) is 19.1 Å². The molecular formula is C7H7N3OS. The zero-order valence-corrected chi connectivity index (χ0v) is 7.55. The van der Waals surface area contributed by atoms with Gasteiger partial charge in [-0.3, -0.25) is 0 Å². The van der Waals surface area contributed by atoms with Crippen LogP contribution in [0.25, 0.3) is 0 Å². The third-order valence-corrected chi connectivity index (χ3v) is 1.26. The zero-order chi connectivity index (χ0) is 8.97. The molecule has 0 spiro atoms. The number of nitrogens with zero attached hydrogens (tertiary/aromatic N) is 3. The highest BCUT2D eigenvalue weighted by atomic mass is 32.1. The first kappa shape index (κ1) is 8.77. The minimum absolute atomic E-state index is 0.279. The van der Waals surface area contributed by atoms with Crippen molar-refractivity contribution < 1.29 is 4.74 Å². The molecule has 0 saturated heterocycles. The molecular weight excluding hydrogens is 174 g/mol. The number of aromatic nitrogens is 2. The Balaban J connectivity index is 3.14. The summed E-state index contributed by atoms with van der Waals surface area (Å²) in [7, 11) is 1.53. The highest BCUT2D eigenvalue weighted by Gasteiger charge is 1.98. The SMILES string of the molecule is COc1cc(C)nc(N=C=S)n1. The molecule has 0 aromatic carbocycles. The topological polar surface area (TPSA) is 47.4 Å². The Morgan fingerprint density at radius 1 is 1.58 bits per heavy atom. The fourth-order valence-corrected chi connectivity index (χ4v) is 0.802. The van der Waals surface area contributed by atoms with Crippen molar-refractivity contribution in [3.05, 3.63) is 11.8 Å². The normalized spacial score (nSPS) is 8.83. The Bertz CT molecular complexity index is 333. The summed E-state index contributed by atoms with van der Waals surface area (Å²) < 4.78 is 4.91. The van der Waals surface area contributed by atoms with Gasteiger partial charge in [0.2, 0.25) is 5.88 Å². The number of methoxy groups -OCH3 is 1. The summed E-state index contributed by atoms with van der Waals surface area (Å²) in [5, 5.41) is 2.19. The third-order valence-electron chi connectivity index (χ3n) is 1.17. The Morgan fingerprint density at radius 2 is 2.33 bits per heavy atom. The van der Waals surface area contributed by atoms with Gasteiger partial charge in [-0.25, -0.2) is 4.98 Å². The first-order chi connectivity index (χ1) is 5.76. The number of isothiocyanates is 1. The van der Waals surface area contributed by atoms with Crippen LogP contribution in [-0.2, 0) is 0 Å². The fourth-order valence-electron chi connectivity index (χ4n) is 0.720. The van der Waals surface area contributed by atoms with E-state index >= 15 is 0 Å². The summed E-state index contributed by atoms with van der Waals surface area (Å²) in [6.45, 7) is 1.83. The number of aliphatic imine (C=N–C) groups is 1. The second-order valence-corrected chi connectivity index (χ2v) is 2.24. The van der Waals surface area contributed by atoms with Crippen LogP contribution in [0.1, 0.15) is 5.69 Å². The van der Waals surface area contributed by atoms with E-state index in [9.17, 15) is 0 Å². The van der Waals surface area contributed by atoms with Crippen LogP contribution >= 0.6 is 12.2 Å². The molecule has 1 aromatic heterocycles. The highest BCUT2D eigenvalue weighted by Crippen LogP contribution is 2.12. The van der Waals surface area contributed by atoms with E-state index in [1.165, 1.54) is 7.11 Å². The Morgan fingerprint density at radius 3 is 2.92 bits per heavy atom. The van der Waals surface area contributed by atoms with Gasteiger partial charge in [-0.2, -0.15) is 9.98 Å². The molecule has 0 atom stereocenters. The van der Waals surface area contributed by atoms with Crippen molar-refractivity contribution in [1.82, 2.24) is 9.97 Å². The van der Waals surface area contributed by atoms with Crippen molar-refractivity contribution in [3.8, 4) is 5.88 Å². The number of rotatable bonds is 2. The highest BCUT2D eigenvalue weighted by molar-refractivity contribution is 7.78. The maximum Gasteiger partial charge on any atom is 0.262 e. The van der Waals surface area contributed by atoms with Gasteiger partial charge >= 0.3 is 0 Å². The molecule has 0 radical (unpaired) electrons. The van der Waals surface area contributed by atoms with E-state index in [4.69, 9.17) is 4.74 Å². The molecule has 0 aliphatic rings. The number of thiocarbonyl (C=S) groups is 1. The van der Waals surface area contributed by atoms with Crippen LogP contribution in [-0.4, -0.2) is 22.2 Å². The fraction of sp³-hybridized carbons (Fsp3) is 0.286. The minimum atomic E-state index is 0.279. The molecule has 12 heavy (non-hydrogen) atoms. The monoisotopic (exact) mass is 181 g/mol. The average Bonchev–Trinajstić information content (AvgIpc) is 2.04. The molecule has 5 heteroatoms. The summed E-state index contributed by atoms with van der Waals surface area (Å²) in [5.41, 5.74) is 0.783. The zero-order valence-electron chi connectivity index (χ0n) is 6.74. The smallest absolute Gasteiger partial charge is 0.262 e. The molecule has 62 valence electrons. The molecule has 0 aliphatic carbocycles. The molecule has 0 N–H and O–H groups in total. The van der Waals surface area contributed by atoms with Crippen molar-refractivity contribution in [1.29, 1.82) is 0 Å². The van der Waals surface area contributed by atoms with Gasteiger partial charge in [-0.1, -0.05) is 0 Å². The standard InChI is InChI=1S/C7H7N3OS/c1-5-3-6(11-2)10-7(9-5)8-4-12/h3H,1-2H3. The molecule has 4 nitrogen and oxygen atoms in total. The van der Waals surface area contributed by atoms with Crippen molar-refractivity contribution >= 4 is 23.3 Å². The minimum Gasteiger partial charge on any atom is -0.481 e. The van der Waals surface area contributed by atoms with E-state index < -0.39 is 0 Å². The van der Waals surface area contributed by atoms with Gasteiger partial charge < -0.3 is 4.74 Å². The van der Waals surface area contributed by atoms with E-state index in [0.717, 1.165) is 5.69 Å². The van der Waals surface area contributed by atoms with Gasteiger partial charge in [0.1, 0.15) is 0 Å². The molecule has 0 unspecified atom stereocenters. The van der Waals surface area contributed by atoms with Crippen molar-refractivity contribution in [2.24, 2.45) is 4.99 Å². The third kappa shape index (κ3) is 2.08. The van der Waals surface area contributed by atoms with Crippen LogP contribution < -0.4 is 4.74 Å². The van der Waals surface area contributed by atoms with E-state index in [1.807, 2.05) is 6.92 Å². The first-order valence-electron chi connectivity index (χ1n) is 3.24. The molecule has 0 amide bonds. The van der Waals surface area contributed by atoms with Crippen LogP contribution in [0.4, 0.5) is 5.95 Å². The molecule has 0 aliphatic heterocycles.